The summed E-state index contributed by atoms with van der Waals surface area (Å²) in [6.45, 7) is 3.57. The minimum Gasteiger partial charge on any atom is -0.495 e. The Morgan fingerprint density at radius 1 is 1.00 bits per heavy atom. The van der Waals surface area contributed by atoms with Crippen molar-refractivity contribution in [3.8, 4) is 5.75 Å². The Labute approximate surface area is 188 Å². The van der Waals surface area contributed by atoms with Crippen LogP contribution >= 0.6 is 11.6 Å². The summed E-state index contributed by atoms with van der Waals surface area (Å²) in [4.78, 5) is 17.1. The number of anilines is 2. The fourth-order valence-corrected chi connectivity index (χ4v) is 4.41. The number of nitrogens with zero attached hydrogens (tertiary/aromatic N) is 1. The number of hydrogen-bond donors (Lipinski definition) is 2. The second kappa shape index (κ2) is 9.86. The monoisotopic (exact) mass is 436 g/mol. The van der Waals surface area contributed by atoms with Crippen molar-refractivity contribution < 1.29 is 14.4 Å². The average Bonchev–Trinajstić information content (AvgIpc) is 2.81. The Morgan fingerprint density at radius 2 is 1.65 bits per heavy atom. The van der Waals surface area contributed by atoms with Crippen molar-refractivity contribution in [3.63, 3.8) is 0 Å². The minimum atomic E-state index is -0.292. The zero-order valence-electron chi connectivity index (χ0n) is 17.6. The number of hydrogen-bond acceptors (Lipinski definition) is 3. The summed E-state index contributed by atoms with van der Waals surface area (Å²) < 4.78 is 5.21. The lowest BCUT2D eigenvalue weighted by molar-refractivity contribution is -0.922. The molecule has 0 saturated carbocycles. The van der Waals surface area contributed by atoms with Gasteiger partial charge in [0, 0.05) is 16.9 Å². The molecule has 0 bridgehead atoms. The number of methoxy groups -OCH3 is 1. The van der Waals surface area contributed by atoms with E-state index in [4.69, 9.17) is 16.3 Å². The zero-order chi connectivity index (χ0) is 21.6. The van der Waals surface area contributed by atoms with Crippen LogP contribution in [0, 0.1) is 0 Å². The molecular formula is C25H27ClN3O2+. The number of carbonyl (C=O) groups excluding carboxylic acids is 1. The van der Waals surface area contributed by atoms with Gasteiger partial charge in [-0.15, -0.1) is 0 Å². The number of piperazine rings is 1. The average molecular weight is 437 g/mol. The molecule has 1 fully saturated rings. The maximum absolute atomic E-state index is 13.4. The van der Waals surface area contributed by atoms with Gasteiger partial charge in [-0.25, -0.2) is 0 Å². The third-order valence-corrected chi connectivity index (χ3v) is 6.05. The van der Waals surface area contributed by atoms with E-state index >= 15 is 0 Å². The van der Waals surface area contributed by atoms with Crippen LogP contribution in [0.15, 0.2) is 78.9 Å². The first-order valence-corrected chi connectivity index (χ1v) is 10.9. The first-order chi connectivity index (χ1) is 15.2. The molecule has 3 aromatic rings. The smallest absolute Gasteiger partial charge is 0.287 e. The molecule has 1 aliphatic rings. The Hall–Kier alpha value is -3.02. The molecular weight excluding hydrogens is 410 g/mol. The predicted molar refractivity (Wildman–Crippen MR) is 125 cm³/mol. The molecule has 0 aromatic heterocycles. The lowest BCUT2D eigenvalue weighted by atomic mass is 10.0. The van der Waals surface area contributed by atoms with Gasteiger partial charge >= 0.3 is 0 Å². The molecule has 4 rings (SSSR count). The minimum absolute atomic E-state index is 0.0319. The first-order valence-electron chi connectivity index (χ1n) is 10.5. The summed E-state index contributed by atoms with van der Waals surface area (Å²) in [5, 5.41) is 3.53. The third kappa shape index (κ3) is 5.01. The van der Waals surface area contributed by atoms with Crippen LogP contribution in [-0.4, -0.2) is 39.2 Å². The molecule has 2 N–H and O–H groups in total. The van der Waals surface area contributed by atoms with E-state index in [2.05, 4.69) is 34.5 Å². The van der Waals surface area contributed by atoms with Gasteiger partial charge in [-0.3, -0.25) is 4.79 Å². The summed E-state index contributed by atoms with van der Waals surface area (Å²) >= 11 is 6.25. The van der Waals surface area contributed by atoms with E-state index in [-0.39, 0.29) is 11.9 Å². The van der Waals surface area contributed by atoms with E-state index in [1.165, 1.54) is 10.6 Å². The van der Waals surface area contributed by atoms with Gasteiger partial charge in [0.25, 0.3) is 5.91 Å². The van der Waals surface area contributed by atoms with Crippen LogP contribution in [0.5, 0.6) is 5.75 Å². The number of para-hydroxylation sites is 1. The van der Waals surface area contributed by atoms with Gasteiger partial charge < -0.3 is 19.9 Å². The maximum atomic E-state index is 13.4. The van der Waals surface area contributed by atoms with Gasteiger partial charge in [0.05, 0.1) is 38.3 Å². The molecule has 1 heterocycles. The summed E-state index contributed by atoms with van der Waals surface area (Å²) in [5.74, 6) is 0.553. The number of quaternary nitrogens is 1. The largest absolute Gasteiger partial charge is 0.495 e. The lowest BCUT2D eigenvalue weighted by Crippen LogP contribution is -3.16. The highest BCUT2D eigenvalue weighted by Crippen LogP contribution is 2.27. The highest BCUT2D eigenvalue weighted by Gasteiger charge is 2.34. The fraction of sp³-hybridized carbons (Fsp3) is 0.240. The number of amides is 1. The molecule has 1 saturated heterocycles. The first kappa shape index (κ1) is 21.2. The lowest BCUT2D eigenvalue weighted by Gasteiger charge is -2.37. The normalized spacial score (nSPS) is 15.4. The van der Waals surface area contributed by atoms with E-state index in [0.717, 1.165) is 31.7 Å². The highest BCUT2D eigenvalue weighted by atomic mass is 35.5. The molecule has 0 radical (unpaired) electrons. The third-order valence-electron chi connectivity index (χ3n) is 5.75. The Kier molecular flexibility index (Phi) is 6.75. The quantitative estimate of drug-likeness (QED) is 0.622. The Morgan fingerprint density at radius 3 is 2.26 bits per heavy atom. The van der Waals surface area contributed by atoms with Crippen molar-refractivity contribution in [1.29, 1.82) is 0 Å². The van der Waals surface area contributed by atoms with Gasteiger partial charge in [0.15, 0.2) is 6.04 Å². The van der Waals surface area contributed by atoms with Gasteiger partial charge in [0.1, 0.15) is 5.75 Å². The SMILES string of the molecule is COc1ccc(NC(=O)[C@@H](c2ccccc2)[NH+]2CCN(c3ccccc3)CC2)cc1Cl. The van der Waals surface area contributed by atoms with Crippen LogP contribution in [0.1, 0.15) is 11.6 Å². The Bertz CT molecular complexity index is 1010. The standard InChI is InChI=1S/C25H26ClN3O2/c1-31-23-13-12-20(18-22(23)26)27-25(30)24(19-8-4-2-5-9-19)29-16-14-28(15-17-29)21-10-6-3-7-11-21/h2-13,18,24H,14-17H2,1H3,(H,27,30)/p+1/t24-/m1/s1. The maximum Gasteiger partial charge on any atom is 0.287 e. The van der Waals surface area contributed by atoms with Gasteiger partial charge in [-0.05, 0) is 30.3 Å². The predicted octanol–water partition coefficient (Wildman–Crippen LogP) is 3.43. The molecule has 0 aliphatic carbocycles. The van der Waals surface area contributed by atoms with Crippen LogP contribution in [0.2, 0.25) is 5.02 Å². The van der Waals surface area contributed by atoms with Crippen molar-refractivity contribution in [2.24, 2.45) is 0 Å². The summed E-state index contributed by atoms with van der Waals surface area (Å²) in [6, 6.07) is 25.5. The second-order valence-electron chi connectivity index (χ2n) is 7.66. The van der Waals surface area contributed by atoms with Crippen LogP contribution in [0.4, 0.5) is 11.4 Å². The van der Waals surface area contributed by atoms with E-state index in [9.17, 15) is 4.79 Å². The van der Waals surface area contributed by atoms with Crippen molar-refractivity contribution in [2.75, 3.05) is 43.5 Å². The van der Waals surface area contributed by atoms with Crippen molar-refractivity contribution in [1.82, 2.24) is 0 Å². The molecule has 1 aliphatic heterocycles. The highest BCUT2D eigenvalue weighted by molar-refractivity contribution is 6.32. The zero-order valence-corrected chi connectivity index (χ0v) is 18.3. The van der Waals surface area contributed by atoms with Gasteiger partial charge in [-0.1, -0.05) is 60.1 Å². The van der Waals surface area contributed by atoms with E-state index in [1.807, 2.05) is 42.5 Å². The van der Waals surface area contributed by atoms with Crippen molar-refractivity contribution in [3.05, 3.63) is 89.4 Å². The number of nitrogens with one attached hydrogen (secondary N) is 2. The van der Waals surface area contributed by atoms with Crippen LogP contribution < -0.4 is 19.9 Å². The summed E-state index contributed by atoms with van der Waals surface area (Å²) in [7, 11) is 1.57. The fourth-order valence-electron chi connectivity index (χ4n) is 4.16. The molecule has 6 heteroatoms. The van der Waals surface area contributed by atoms with Crippen molar-refractivity contribution in [2.45, 2.75) is 6.04 Å². The topological polar surface area (TPSA) is 46.0 Å². The van der Waals surface area contributed by atoms with Crippen molar-refractivity contribution >= 4 is 28.9 Å². The number of ether oxygens (including phenoxy) is 1. The molecule has 160 valence electrons. The van der Waals surface area contributed by atoms with E-state index in [1.54, 1.807) is 19.2 Å². The Balaban J connectivity index is 1.51. The number of rotatable bonds is 6. The summed E-state index contributed by atoms with van der Waals surface area (Å²) in [5.41, 5.74) is 2.91. The number of halogens is 1. The van der Waals surface area contributed by atoms with E-state index in [0.29, 0.717) is 16.5 Å². The number of benzene rings is 3. The summed E-state index contributed by atoms with van der Waals surface area (Å²) in [6.07, 6.45) is 0. The van der Waals surface area contributed by atoms with Crippen LogP contribution in [-0.2, 0) is 4.79 Å². The van der Waals surface area contributed by atoms with Gasteiger partial charge in [-0.2, -0.15) is 0 Å². The van der Waals surface area contributed by atoms with Crippen LogP contribution in [0.3, 0.4) is 0 Å². The molecule has 31 heavy (non-hydrogen) atoms. The molecule has 5 nitrogen and oxygen atoms in total. The molecule has 1 amide bonds. The molecule has 3 aromatic carbocycles. The van der Waals surface area contributed by atoms with E-state index < -0.39 is 0 Å². The molecule has 0 unspecified atom stereocenters. The second-order valence-corrected chi connectivity index (χ2v) is 8.07. The molecule has 1 atom stereocenters. The van der Waals surface area contributed by atoms with Crippen LogP contribution in [0.25, 0.3) is 0 Å². The molecule has 0 spiro atoms. The van der Waals surface area contributed by atoms with Gasteiger partial charge in [0.2, 0.25) is 0 Å². The number of carbonyl (C=O) groups is 1.